The summed E-state index contributed by atoms with van der Waals surface area (Å²) in [6, 6.07) is 3.28. The van der Waals surface area contributed by atoms with Gasteiger partial charge in [-0.05, 0) is 12.1 Å². The van der Waals surface area contributed by atoms with Crippen molar-refractivity contribution in [2.24, 2.45) is 0 Å². The molecule has 0 radical (unpaired) electrons. The molecule has 7 nitrogen and oxygen atoms in total. The van der Waals surface area contributed by atoms with Crippen molar-refractivity contribution in [2.75, 3.05) is 0 Å². The Morgan fingerprint density at radius 1 is 1.28 bits per heavy atom. The molecule has 0 aliphatic carbocycles. The number of carbonyl (C=O) groups is 1. The highest BCUT2D eigenvalue weighted by atomic mass is 16.4. The van der Waals surface area contributed by atoms with E-state index >= 15 is 0 Å². The normalized spacial score (nSPS) is 10.7. The van der Waals surface area contributed by atoms with Crippen LogP contribution in [-0.2, 0) is 0 Å². The van der Waals surface area contributed by atoms with Crippen LogP contribution in [-0.4, -0.2) is 35.6 Å². The number of aromatic nitrogens is 5. The molecule has 0 aliphatic heterocycles. The van der Waals surface area contributed by atoms with E-state index in [4.69, 9.17) is 5.11 Å². The van der Waals surface area contributed by atoms with Crippen molar-refractivity contribution in [3.05, 3.63) is 42.7 Å². The van der Waals surface area contributed by atoms with Gasteiger partial charge in [-0.25, -0.2) is 19.7 Å². The van der Waals surface area contributed by atoms with Crippen LogP contribution in [0.4, 0.5) is 0 Å². The van der Waals surface area contributed by atoms with Crippen LogP contribution in [0.3, 0.4) is 0 Å². The number of carboxylic acid groups (broad SMARTS) is 1. The molecule has 0 amide bonds. The van der Waals surface area contributed by atoms with Gasteiger partial charge in [0.05, 0.1) is 5.39 Å². The zero-order valence-electron chi connectivity index (χ0n) is 9.06. The van der Waals surface area contributed by atoms with Crippen molar-refractivity contribution in [1.29, 1.82) is 0 Å². The molecule has 0 spiro atoms. The highest BCUT2D eigenvalue weighted by Crippen LogP contribution is 2.15. The third kappa shape index (κ3) is 1.58. The molecule has 3 aromatic heterocycles. The quantitative estimate of drug-likeness (QED) is 0.716. The molecule has 0 atom stereocenters. The van der Waals surface area contributed by atoms with Gasteiger partial charge in [-0.2, -0.15) is 4.98 Å². The molecule has 0 aromatic carbocycles. The van der Waals surface area contributed by atoms with Crippen molar-refractivity contribution >= 4 is 17.0 Å². The van der Waals surface area contributed by atoms with E-state index in [1.807, 2.05) is 0 Å². The van der Waals surface area contributed by atoms with E-state index in [0.717, 1.165) is 0 Å². The van der Waals surface area contributed by atoms with Crippen LogP contribution in [0, 0.1) is 0 Å². The average molecular weight is 241 g/mol. The minimum atomic E-state index is -1.11. The second-order valence-electron chi connectivity index (χ2n) is 3.52. The van der Waals surface area contributed by atoms with Gasteiger partial charge in [-0.1, -0.05) is 0 Å². The predicted octanol–water partition coefficient (Wildman–Crippen LogP) is 0.909. The van der Waals surface area contributed by atoms with Gasteiger partial charge < -0.3 is 5.11 Å². The number of rotatable bonds is 2. The maximum atomic E-state index is 11.2. The molecule has 0 aliphatic rings. The molecule has 88 valence electrons. The number of pyridine rings is 1. The molecule has 7 heteroatoms. The molecule has 0 saturated carbocycles. The Morgan fingerprint density at radius 3 is 2.89 bits per heavy atom. The van der Waals surface area contributed by atoms with Gasteiger partial charge in [-0.3, -0.25) is 4.57 Å². The summed E-state index contributed by atoms with van der Waals surface area (Å²) in [7, 11) is 0. The lowest BCUT2D eigenvalue weighted by atomic mass is 10.2. The molecule has 18 heavy (non-hydrogen) atoms. The molecule has 0 bridgehead atoms. The summed E-state index contributed by atoms with van der Waals surface area (Å²) in [5, 5.41) is 9.57. The Bertz CT molecular complexity index is 723. The monoisotopic (exact) mass is 241 g/mol. The lowest BCUT2D eigenvalue weighted by Gasteiger charge is -2.04. The van der Waals surface area contributed by atoms with Gasteiger partial charge in [0, 0.05) is 18.6 Å². The summed E-state index contributed by atoms with van der Waals surface area (Å²) in [5.74, 6) is -0.882. The summed E-state index contributed by atoms with van der Waals surface area (Å²) >= 11 is 0. The van der Waals surface area contributed by atoms with Crippen molar-refractivity contribution in [2.45, 2.75) is 0 Å². The van der Waals surface area contributed by atoms with E-state index in [9.17, 15) is 4.79 Å². The summed E-state index contributed by atoms with van der Waals surface area (Å²) < 4.78 is 1.53. The van der Waals surface area contributed by atoms with Crippen LogP contribution in [0.1, 0.15) is 10.5 Å². The summed E-state index contributed by atoms with van der Waals surface area (Å²) in [4.78, 5) is 27.3. The van der Waals surface area contributed by atoms with Crippen LogP contribution in [0.5, 0.6) is 0 Å². The summed E-state index contributed by atoms with van der Waals surface area (Å²) in [6.07, 6.45) is 6.25. The average Bonchev–Trinajstić information content (AvgIpc) is 2.91. The minimum Gasteiger partial charge on any atom is -0.476 e. The molecule has 0 unspecified atom stereocenters. The molecular weight excluding hydrogens is 234 g/mol. The number of nitrogens with zero attached hydrogens (tertiary/aromatic N) is 5. The molecule has 3 aromatic rings. The molecule has 3 rings (SSSR count). The van der Waals surface area contributed by atoms with Crippen LogP contribution in [0.15, 0.2) is 37.1 Å². The van der Waals surface area contributed by atoms with Gasteiger partial charge in [0.1, 0.15) is 6.33 Å². The Labute approximate surface area is 101 Å². The van der Waals surface area contributed by atoms with Gasteiger partial charge in [-0.15, -0.1) is 0 Å². The zero-order chi connectivity index (χ0) is 12.5. The van der Waals surface area contributed by atoms with E-state index in [1.165, 1.54) is 10.9 Å². The van der Waals surface area contributed by atoms with Crippen LogP contribution < -0.4 is 0 Å². The third-order valence-electron chi connectivity index (χ3n) is 2.40. The number of aromatic carboxylic acids is 1. The zero-order valence-corrected chi connectivity index (χ0v) is 9.06. The van der Waals surface area contributed by atoms with Crippen molar-refractivity contribution in [3.8, 4) is 5.95 Å². The first kappa shape index (κ1) is 10.3. The first-order valence-electron chi connectivity index (χ1n) is 5.10. The Balaban J connectivity index is 2.33. The highest BCUT2D eigenvalue weighted by Gasteiger charge is 2.14. The molecular formula is C11H7N5O2. The maximum absolute atomic E-state index is 11.2. The summed E-state index contributed by atoms with van der Waals surface area (Å²) in [5.41, 5.74) is 0.269. The smallest absolute Gasteiger partial charge is 0.355 e. The second kappa shape index (κ2) is 3.88. The van der Waals surface area contributed by atoms with Crippen LogP contribution in [0.2, 0.25) is 0 Å². The fourth-order valence-electron chi connectivity index (χ4n) is 1.61. The standard InChI is InChI=1S/C11H7N5O2/c17-10(18)8-7-2-1-3-13-9(7)15-11(14-8)16-5-4-12-6-16/h1-6H,(H,17,18). The van der Waals surface area contributed by atoms with Gasteiger partial charge in [0.25, 0.3) is 0 Å². The number of imidazole rings is 1. The molecule has 1 N–H and O–H groups in total. The Hall–Kier alpha value is -2.83. The van der Waals surface area contributed by atoms with E-state index in [-0.39, 0.29) is 11.6 Å². The fourth-order valence-corrected chi connectivity index (χ4v) is 1.61. The largest absolute Gasteiger partial charge is 0.476 e. The Morgan fingerprint density at radius 2 is 2.17 bits per heavy atom. The molecule has 0 fully saturated rings. The van der Waals surface area contributed by atoms with Gasteiger partial charge in [0.15, 0.2) is 11.3 Å². The van der Waals surface area contributed by atoms with E-state index in [2.05, 4.69) is 19.9 Å². The third-order valence-corrected chi connectivity index (χ3v) is 2.40. The lowest BCUT2D eigenvalue weighted by Crippen LogP contribution is -2.08. The second-order valence-corrected chi connectivity index (χ2v) is 3.52. The first-order valence-corrected chi connectivity index (χ1v) is 5.10. The Kier molecular flexibility index (Phi) is 2.23. The van der Waals surface area contributed by atoms with Crippen molar-refractivity contribution in [1.82, 2.24) is 24.5 Å². The van der Waals surface area contributed by atoms with Crippen molar-refractivity contribution < 1.29 is 9.90 Å². The molecule has 3 heterocycles. The number of fused-ring (bicyclic) bond motifs is 1. The minimum absolute atomic E-state index is 0.0724. The van der Waals surface area contributed by atoms with Crippen LogP contribution >= 0.6 is 0 Å². The van der Waals surface area contributed by atoms with Crippen molar-refractivity contribution in [3.63, 3.8) is 0 Å². The summed E-state index contributed by atoms with van der Waals surface area (Å²) in [6.45, 7) is 0. The van der Waals surface area contributed by atoms with E-state index in [0.29, 0.717) is 11.0 Å². The number of hydrogen-bond acceptors (Lipinski definition) is 5. The molecule has 0 saturated heterocycles. The van der Waals surface area contributed by atoms with Gasteiger partial charge >= 0.3 is 5.97 Å². The highest BCUT2D eigenvalue weighted by molar-refractivity contribution is 5.99. The van der Waals surface area contributed by atoms with Gasteiger partial charge in [0.2, 0.25) is 5.95 Å². The first-order chi connectivity index (χ1) is 8.75. The lowest BCUT2D eigenvalue weighted by molar-refractivity contribution is 0.0692. The predicted molar refractivity (Wildman–Crippen MR) is 61.4 cm³/mol. The van der Waals surface area contributed by atoms with E-state index in [1.54, 1.807) is 30.7 Å². The topological polar surface area (TPSA) is 93.8 Å². The van der Waals surface area contributed by atoms with Crippen LogP contribution in [0.25, 0.3) is 17.0 Å². The fraction of sp³-hybridized carbons (Fsp3) is 0. The maximum Gasteiger partial charge on any atom is 0.355 e. The van der Waals surface area contributed by atoms with E-state index < -0.39 is 5.97 Å². The SMILES string of the molecule is O=C(O)c1nc(-n2ccnc2)nc2ncccc12. The number of hydrogen-bond donors (Lipinski definition) is 1. The number of carboxylic acids is 1.